The van der Waals surface area contributed by atoms with Crippen molar-refractivity contribution in [1.82, 2.24) is 9.38 Å². The van der Waals surface area contributed by atoms with Crippen LogP contribution in [-0.2, 0) is 0 Å². The van der Waals surface area contributed by atoms with Crippen LogP contribution in [0.25, 0.3) is 5.65 Å². The lowest BCUT2D eigenvalue weighted by Crippen LogP contribution is -1.97. The summed E-state index contributed by atoms with van der Waals surface area (Å²) < 4.78 is 3.09. The number of pyridine rings is 1. The van der Waals surface area contributed by atoms with Gasteiger partial charge in [0, 0.05) is 14.8 Å². The lowest BCUT2D eigenvalue weighted by atomic mass is 10.3. The van der Waals surface area contributed by atoms with E-state index in [1.807, 2.05) is 29.7 Å². The summed E-state index contributed by atoms with van der Waals surface area (Å²) in [6.07, 6.45) is 3.69. The van der Waals surface area contributed by atoms with Crippen LogP contribution in [0.1, 0.15) is 11.4 Å². The topological polar surface area (TPSA) is 41.7 Å². The molecule has 0 saturated carbocycles. The fraction of sp³-hybridized carbons (Fsp3) is 0.0667. The van der Waals surface area contributed by atoms with Gasteiger partial charge in [-0.25, -0.2) is 4.98 Å². The predicted molar refractivity (Wildman–Crippen MR) is 105 cm³/mol. The largest absolute Gasteiger partial charge is 0.297 e. The highest BCUT2D eigenvalue weighted by molar-refractivity contribution is 14.1. The van der Waals surface area contributed by atoms with Crippen molar-refractivity contribution in [3.05, 3.63) is 60.5 Å². The Bertz CT molecular complexity index is 897. The highest BCUT2D eigenvalue weighted by Crippen LogP contribution is 2.33. The number of nitrogens with one attached hydrogen (secondary N) is 1. The minimum absolute atomic E-state index is 0.407. The van der Waals surface area contributed by atoms with Gasteiger partial charge in [-0.15, -0.1) is 0 Å². The third kappa shape index (κ3) is 3.57. The van der Waals surface area contributed by atoms with Crippen LogP contribution in [-0.4, -0.2) is 15.6 Å². The monoisotopic (exact) mass is 478 g/mol. The first kappa shape index (κ1) is 16.8. The number of aryl methyl sites for hydroxylation is 1. The standard InChI is InChI=1S/C15H10Cl3IN4/c1-8-13(23-7-10(19)2-3-14(23)21-8)6-20-22-15-11(17)4-9(16)5-12(15)18/h2-7,22H,1H3/b20-6+. The summed E-state index contributed by atoms with van der Waals surface area (Å²) in [5.74, 6) is 0. The molecule has 0 amide bonds. The third-order valence-corrected chi connectivity index (χ3v) is 4.63. The Labute approximate surface area is 161 Å². The molecule has 0 radical (unpaired) electrons. The zero-order chi connectivity index (χ0) is 16.6. The van der Waals surface area contributed by atoms with Gasteiger partial charge in [0.15, 0.2) is 0 Å². The molecule has 0 spiro atoms. The van der Waals surface area contributed by atoms with Gasteiger partial charge in [-0.1, -0.05) is 34.8 Å². The van der Waals surface area contributed by atoms with Gasteiger partial charge in [-0.3, -0.25) is 9.83 Å². The number of hydrogen-bond acceptors (Lipinski definition) is 3. The van der Waals surface area contributed by atoms with E-state index in [0.717, 1.165) is 20.6 Å². The van der Waals surface area contributed by atoms with Gasteiger partial charge in [-0.2, -0.15) is 5.10 Å². The average molecular weight is 480 g/mol. The van der Waals surface area contributed by atoms with Crippen LogP contribution in [0.3, 0.4) is 0 Å². The second-order valence-corrected chi connectivity index (χ2v) is 7.27. The molecule has 2 aromatic heterocycles. The molecule has 0 atom stereocenters. The summed E-state index contributed by atoms with van der Waals surface area (Å²) in [7, 11) is 0. The van der Waals surface area contributed by atoms with Gasteiger partial charge in [0.1, 0.15) is 5.65 Å². The summed E-state index contributed by atoms with van der Waals surface area (Å²) in [4.78, 5) is 4.50. The number of aromatic nitrogens is 2. The molecule has 0 aliphatic rings. The Hall–Kier alpha value is -1.02. The van der Waals surface area contributed by atoms with Gasteiger partial charge >= 0.3 is 0 Å². The third-order valence-electron chi connectivity index (χ3n) is 3.17. The van der Waals surface area contributed by atoms with Gasteiger partial charge in [0.05, 0.1) is 33.3 Å². The van der Waals surface area contributed by atoms with E-state index >= 15 is 0 Å². The number of benzene rings is 1. The lowest BCUT2D eigenvalue weighted by Gasteiger charge is -2.06. The highest BCUT2D eigenvalue weighted by Gasteiger charge is 2.08. The molecule has 2 heterocycles. The van der Waals surface area contributed by atoms with Gasteiger partial charge in [-0.05, 0) is 53.8 Å². The minimum atomic E-state index is 0.407. The van der Waals surface area contributed by atoms with Crippen LogP contribution < -0.4 is 5.43 Å². The first-order valence-corrected chi connectivity index (χ1v) is 8.75. The fourth-order valence-electron chi connectivity index (χ4n) is 2.12. The number of halogens is 4. The second-order valence-electron chi connectivity index (χ2n) is 4.77. The summed E-state index contributed by atoms with van der Waals surface area (Å²) in [6.45, 7) is 1.93. The SMILES string of the molecule is Cc1nc2ccc(I)cn2c1/C=N/Nc1c(Cl)cc(Cl)cc1Cl. The summed E-state index contributed by atoms with van der Waals surface area (Å²) in [5, 5.41) is 5.51. The van der Waals surface area contributed by atoms with E-state index in [9.17, 15) is 0 Å². The second kappa shape index (κ2) is 6.84. The Morgan fingerprint density at radius 2 is 1.91 bits per heavy atom. The number of nitrogens with zero attached hydrogens (tertiary/aromatic N) is 3. The Kier molecular flexibility index (Phi) is 5.01. The van der Waals surface area contributed by atoms with Crippen LogP contribution in [0.2, 0.25) is 15.1 Å². The molecule has 0 unspecified atom stereocenters. The first-order chi connectivity index (χ1) is 11.0. The lowest BCUT2D eigenvalue weighted by molar-refractivity contribution is 1.15. The smallest absolute Gasteiger partial charge is 0.137 e. The molecule has 3 rings (SSSR count). The highest BCUT2D eigenvalue weighted by atomic mass is 127. The first-order valence-electron chi connectivity index (χ1n) is 6.53. The number of hydrazone groups is 1. The zero-order valence-electron chi connectivity index (χ0n) is 11.8. The average Bonchev–Trinajstić information content (AvgIpc) is 2.77. The van der Waals surface area contributed by atoms with E-state index in [2.05, 4.69) is 38.1 Å². The van der Waals surface area contributed by atoms with Crippen LogP contribution in [0.15, 0.2) is 35.6 Å². The van der Waals surface area contributed by atoms with Crippen molar-refractivity contribution in [3.63, 3.8) is 0 Å². The summed E-state index contributed by atoms with van der Waals surface area (Å²) in [6, 6.07) is 7.19. The van der Waals surface area contributed by atoms with Gasteiger partial charge in [0.25, 0.3) is 0 Å². The van der Waals surface area contributed by atoms with E-state index in [1.165, 1.54) is 0 Å². The van der Waals surface area contributed by atoms with Crippen molar-refractivity contribution >= 4 is 74.9 Å². The maximum absolute atomic E-state index is 6.12. The number of hydrogen-bond donors (Lipinski definition) is 1. The van der Waals surface area contributed by atoms with Crippen LogP contribution in [0, 0.1) is 10.5 Å². The normalized spacial score (nSPS) is 11.5. The molecule has 118 valence electrons. The molecular weight excluding hydrogens is 469 g/mol. The van der Waals surface area contributed by atoms with E-state index < -0.39 is 0 Å². The van der Waals surface area contributed by atoms with E-state index in [1.54, 1.807) is 18.3 Å². The Balaban J connectivity index is 1.92. The van der Waals surface area contributed by atoms with Crippen molar-refractivity contribution in [2.24, 2.45) is 5.10 Å². The number of imidazole rings is 1. The van der Waals surface area contributed by atoms with Crippen LogP contribution >= 0.6 is 57.4 Å². The van der Waals surface area contributed by atoms with Crippen molar-refractivity contribution in [1.29, 1.82) is 0 Å². The van der Waals surface area contributed by atoms with Crippen molar-refractivity contribution in [2.75, 3.05) is 5.43 Å². The predicted octanol–water partition coefficient (Wildman–Crippen LogP) is 5.65. The zero-order valence-corrected chi connectivity index (χ0v) is 16.2. The molecule has 0 aliphatic heterocycles. The van der Waals surface area contributed by atoms with Crippen molar-refractivity contribution in [2.45, 2.75) is 6.92 Å². The number of fused-ring (bicyclic) bond motifs is 1. The van der Waals surface area contributed by atoms with Crippen LogP contribution in [0.5, 0.6) is 0 Å². The quantitative estimate of drug-likeness (QED) is 0.300. The molecule has 23 heavy (non-hydrogen) atoms. The molecular formula is C15H10Cl3IN4. The van der Waals surface area contributed by atoms with E-state index in [0.29, 0.717) is 20.8 Å². The number of rotatable bonds is 3. The summed E-state index contributed by atoms with van der Waals surface area (Å²) in [5.41, 5.74) is 6.00. The maximum Gasteiger partial charge on any atom is 0.137 e. The molecule has 0 aliphatic carbocycles. The molecule has 1 N–H and O–H groups in total. The number of anilines is 1. The summed E-state index contributed by atoms with van der Waals surface area (Å²) >= 11 is 20.4. The molecule has 3 aromatic rings. The maximum atomic E-state index is 6.12. The van der Waals surface area contributed by atoms with Gasteiger partial charge in [0.2, 0.25) is 0 Å². The van der Waals surface area contributed by atoms with Gasteiger partial charge < -0.3 is 0 Å². The molecule has 4 nitrogen and oxygen atoms in total. The molecule has 0 fully saturated rings. The molecule has 0 saturated heterocycles. The fourth-order valence-corrected chi connectivity index (χ4v) is 3.48. The Morgan fingerprint density at radius 1 is 1.22 bits per heavy atom. The van der Waals surface area contributed by atoms with Crippen molar-refractivity contribution < 1.29 is 0 Å². The Morgan fingerprint density at radius 3 is 2.61 bits per heavy atom. The minimum Gasteiger partial charge on any atom is -0.297 e. The van der Waals surface area contributed by atoms with Crippen LogP contribution in [0.4, 0.5) is 5.69 Å². The molecule has 8 heteroatoms. The van der Waals surface area contributed by atoms with E-state index in [4.69, 9.17) is 34.8 Å². The van der Waals surface area contributed by atoms with Crippen molar-refractivity contribution in [3.8, 4) is 0 Å². The van der Waals surface area contributed by atoms with E-state index in [-0.39, 0.29) is 0 Å². The molecule has 1 aromatic carbocycles. The molecule has 0 bridgehead atoms.